The molecule has 3 heteroatoms. The molecule has 0 saturated heterocycles. The Bertz CT molecular complexity index is 1860. The van der Waals surface area contributed by atoms with E-state index in [1.807, 2.05) is 13.8 Å². The van der Waals surface area contributed by atoms with E-state index < -0.39 is 0 Å². The molecule has 3 nitrogen and oxygen atoms in total. The molecule has 36 heavy (non-hydrogen) atoms. The van der Waals surface area contributed by atoms with Crippen molar-refractivity contribution in [2.45, 2.75) is 20.8 Å². The summed E-state index contributed by atoms with van der Waals surface area (Å²) in [6, 6.07) is 38.8. The Balaban J connectivity index is 0.00000117. The molecule has 0 amide bonds. The van der Waals surface area contributed by atoms with E-state index in [4.69, 9.17) is 0 Å². The predicted octanol–water partition coefficient (Wildman–Crippen LogP) is 8.86. The number of nitrogens with zero attached hydrogens (tertiary/aromatic N) is 3. The average Bonchev–Trinajstić information content (AvgIpc) is 3.40. The van der Waals surface area contributed by atoms with Crippen LogP contribution in [0.2, 0.25) is 0 Å². The summed E-state index contributed by atoms with van der Waals surface area (Å²) in [7, 11) is 0. The number of hydrogen-bond donors (Lipinski definition) is 0. The summed E-state index contributed by atoms with van der Waals surface area (Å²) in [6.07, 6.45) is 0. The Morgan fingerprint density at radius 3 is 2.03 bits per heavy atom. The molecule has 2 heterocycles. The molecule has 2 aromatic heterocycles. The number of benzene rings is 5. The lowest BCUT2D eigenvalue weighted by atomic mass is 9.96. The monoisotopic (exact) mass is 465 g/mol. The van der Waals surface area contributed by atoms with Crippen LogP contribution in [0.15, 0.2) is 109 Å². The fourth-order valence-corrected chi connectivity index (χ4v) is 5.08. The first-order valence-corrected chi connectivity index (χ1v) is 12.5. The molecular weight excluding hydrogens is 438 g/mol. The van der Waals surface area contributed by atoms with Crippen molar-refractivity contribution in [3.63, 3.8) is 0 Å². The van der Waals surface area contributed by atoms with Gasteiger partial charge in [-0.25, -0.2) is 0 Å². The third-order valence-electron chi connectivity index (χ3n) is 6.77. The highest BCUT2D eigenvalue weighted by atomic mass is 15.2. The zero-order valence-electron chi connectivity index (χ0n) is 20.7. The van der Waals surface area contributed by atoms with Crippen molar-refractivity contribution in [2.24, 2.45) is 0 Å². The quantitative estimate of drug-likeness (QED) is 0.239. The van der Waals surface area contributed by atoms with Gasteiger partial charge in [0.2, 0.25) is 0 Å². The smallest absolute Gasteiger partial charge is 0.169 e. The third kappa shape index (κ3) is 3.44. The van der Waals surface area contributed by atoms with E-state index in [1.165, 1.54) is 38.2 Å². The highest BCUT2D eigenvalue weighted by molar-refractivity contribution is 6.13. The van der Waals surface area contributed by atoms with Gasteiger partial charge in [-0.3, -0.25) is 4.40 Å². The van der Waals surface area contributed by atoms with Crippen molar-refractivity contribution in [3.8, 4) is 22.5 Å². The van der Waals surface area contributed by atoms with Gasteiger partial charge in [0.1, 0.15) is 0 Å². The van der Waals surface area contributed by atoms with Gasteiger partial charge in [0.05, 0.1) is 5.52 Å². The molecule has 0 unspecified atom stereocenters. The number of pyridine rings is 1. The summed E-state index contributed by atoms with van der Waals surface area (Å²) in [5.74, 6) is 0.865. The van der Waals surface area contributed by atoms with Gasteiger partial charge in [-0.2, -0.15) is 0 Å². The Kier molecular flexibility index (Phi) is 5.46. The molecule has 7 rings (SSSR count). The lowest BCUT2D eigenvalue weighted by Crippen LogP contribution is -1.95. The van der Waals surface area contributed by atoms with Crippen molar-refractivity contribution in [1.29, 1.82) is 0 Å². The molecule has 0 N–H and O–H groups in total. The Morgan fingerprint density at radius 1 is 0.556 bits per heavy atom. The van der Waals surface area contributed by atoms with Gasteiger partial charge in [-0.15, -0.1) is 10.2 Å². The van der Waals surface area contributed by atoms with Crippen LogP contribution in [0.25, 0.3) is 60.6 Å². The van der Waals surface area contributed by atoms with E-state index >= 15 is 0 Å². The standard InChI is InChI=1S/C31H21N3.C2H6/c1-20-13-15-22(16-14-20)30-32-33-31-27-11-5-4-10-26(27)28-19-23(17-18-29(28)34(30)31)25-12-6-8-21-7-2-3-9-24(21)25;1-2/h2-19H,1H3;1-2H3. The second-order valence-corrected chi connectivity index (χ2v) is 8.85. The van der Waals surface area contributed by atoms with Crippen LogP contribution in [-0.2, 0) is 0 Å². The normalized spacial score (nSPS) is 11.2. The Hall–Kier alpha value is -4.50. The van der Waals surface area contributed by atoms with Crippen LogP contribution in [0.3, 0.4) is 0 Å². The minimum absolute atomic E-state index is 0.865. The second-order valence-electron chi connectivity index (χ2n) is 8.85. The number of hydrogen-bond acceptors (Lipinski definition) is 2. The van der Waals surface area contributed by atoms with Gasteiger partial charge in [0, 0.05) is 16.3 Å². The zero-order valence-corrected chi connectivity index (χ0v) is 20.7. The van der Waals surface area contributed by atoms with Gasteiger partial charge < -0.3 is 0 Å². The van der Waals surface area contributed by atoms with Crippen molar-refractivity contribution < 1.29 is 0 Å². The maximum atomic E-state index is 4.63. The molecule has 174 valence electrons. The minimum Gasteiger partial charge on any atom is -0.274 e. The molecule has 0 bridgehead atoms. The van der Waals surface area contributed by atoms with E-state index in [-0.39, 0.29) is 0 Å². The fourth-order valence-electron chi connectivity index (χ4n) is 5.08. The molecule has 0 atom stereocenters. The van der Waals surface area contributed by atoms with Crippen molar-refractivity contribution in [1.82, 2.24) is 14.6 Å². The molecule has 0 aliphatic carbocycles. The molecule has 0 aliphatic rings. The molecule has 0 aliphatic heterocycles. The number of rotatable bonds is 2. The van der Waals surface area contributed by atoms with Crippen LogP contribution in [0.5, 0.6) is 0 Å². The molecule has 0 fully saturated rings. The Labute approximate surface area is 210 Å². The second kappa shape index (κ2) is 8.94. The first-order chi connectivity index (χ1) is 17.8. The summed E-state index contributed by atoms with van der Waals surface area (Å²) in [4.78, 5) is 0. The summed E-state index contributed by atoms with van der Waals surface area (Å²) in [5.41, 5.74) is 6.74. The van der Waals surface area contributed by atoms with E-state index in [0.717, 1.165) is 27.9 Å². The molecule has 0 radical (unpaired) electrons. The maximum Gasteiger partial charge on any atom is 0.169 e. The van der Waals surface area contributed by atoms with Crippen molar-refractivity contribution >= 4 is 38.1 Å². The highest BCUT2D eigenvalue weighted by Gasteiger charge is 2.16. The predicted molar refractivity (Wildman–Crippen MR) is 152 cm³/mol. The first-order valence-electron chi connectivity index (χ1n) is 12.5. The minimum atomic E-state index is 0.865. The SMILES string of the molecule is CC.Cc1ccc(-c2nnc3c4ccccc4c4cc(-c5cccc6ccccc56)ccc4n23)cc1. The van der Waals surface area contributed by atoms with Gasteiger partial charge in [0.25, 0.3) is 0 Å². The van der Waals surface area contributed by atoms with E-state index in [2.05, 4.69) is 131 Å². The maximum absolute atomic E-state index is 4.63. The van der Waals surface area contributed by atoms with Crippen molar-refractivity contribution in [3.05, 3.63) is 115 Å². The average molecular weight is 466 g/mol. The van der Waals surface area contributed by atoms with Crippen LogP contribution < -0.4 is 0 Å². The van der Waals surface area contributed by atoms with Gasteiger partial charge in [-0.05, 0) is 46.3 Å². The van der Waals surface area contributed by atoms with E-state index in [1.54, 1.807) is 0 Å². The van der Waals surface area contributed by atoms with Crippen molar-refractivity contribution in [2.75, 3.05) is 0 Å². The molecule has 0 spiro atoms. The highest BCUT2D eigenvalue weighted by Crippen LogP contribution is 2.36. The van der Waals surface area contributed by atoms with Crippen LogP contribution in [0, 0.1) is 6.92 Å². The summed E-state index contributed by atoms with van der Waals surface area (Å²) in [5, 5.41) is 15.3. The van der Waals surface area contributed by atoms with E-state index in [9.17, 15) is 0 Å². The third-order valence-corrected chi connectivity index (χ3v) is 6.77. The molecule has 7 aromatic rings. The Morgan fingerprint density at radius 2 is 1.22 bits per heavy atom. The summed E-state index contributed by atoms with van der Waals surface area (Å²) in [6.45, 7) is 6.10. The zero-order chi connectivity index (χ0) is 24.6. The first kappa shape index (κ1) is 22.0. The lowest BCUT2D eigenvalue weighted by Gasteiger charge is -2.13. The van der Waals surface area contributed by atoms with E-state index in [0.29, 0.717) is 0 Å². The molecular formula is C33H27N3. The fraction of sp³-hybridized carbons (Fsp3) is 0.0909. The lowest BCUT2D eigenvalue weighted by molar-refractivity contribution is 1.12. The molecule has 5 aromatic carbocycles. The number of fused-ring (bicyclic) bond motifs is 7. The van der Waals surface area contributed by atoms with Crippen LogP contribution in [0.4, 0.5) is 0 Å². The summed E-state index contributed by atoms with van der Waals surface area (Å²) < 4.78 is 2.20. The van der Waals surface area contributed by atoms with Gasteiger partial charge in [-0.1, -0.05) is 116 Å². The topological polar surface area (TPSA) is 30.2 Å². The van der Waals surface area contributed by atoms with Gasteiger partial charge >= 0.3 is 0 Å². The number of aromatic nitrogens is 3. The van der Waals surface area contributed by atoms with Gasteiger partial charge in [0.15, 0.2) is 11.5 Å². The van der Waals surface area contributed by atoms with Crippen LogP contribution >= 0.6 is 0 Å². The van der Waals surface area contributed by atoms with Crippen LogP contribution in [-0.4, -0.2) is 14.6 Å². The van der Waals surface area contributed by atoms with Crippen LogP contribution in [0.1, 0.15) is 19.4 Å². The summed E-state index contributed by atoms with van der Waals surface area (Å²) >= 11 is 0. The molecule has 0 saturated carbocycles. The largest absolute Gasteiger partial charge is 0.274 e. The number of aryl methyl sites for hydroxylation is 1.